The Hall–Kier alpha value is -4.01. The van der Waals surface area contributed by atoms with Crippen molar-refractivity contribution in [2.75, 3.05) is 62.4 Å². The van der Waals surface area contributed by atoms with E-state index >= 15 is 0 Å². The fourth-order valence-corrected chi connectivity index (χ4v) is 5.58. The highest BCUT2D eigenvalue weighted by Crippen LogP contribution is 2.40. The predicted octanol–water partition coefficient (Wildman–Crippen LogP) is 3.41. The highest BCUT2D eigenvalue weighted by Gasteiger charge is 2.37. The Balaban J connectivity index is 1.53. The van der Waals surface area contributed by atoms with Crippen molar-refractivity contribution in [3.05, 3.63) is 72.7 Å². The summed E-state index contributed by atoms with van der Waals surface area (Å²) >= 11 is 0.701. The second-order valence-corrected chi connectivity index (χ2v) is 10.0. The number of anilines is 2. The molecule has 0 spiro atoms. The molecule has 3 fully saturated rings. The van der Waals surface area contributed by atoms with Gasteiger partial charge in [0, 0.05) is 55.1 Å². The lowest BCUT2D eigenvalue weighted by Crippen LogP contribution is -2.38. The van der Waals surface area contributed by atoms with Crippen LogP contribution in [0.5, 0.6) is 0 Å². The number of carbonyl (C=O) groups excluding carboxylic acids is 2. The van der Waals surface area contributed by atoms with Crippen LogP contribution in [0.25, 0.3) is 6.08 Å². The van der Waals surface area contributed by atoms with Gasteiger partial charge in [0.1, 0.15) is 5.69 Å². The number of thioether (sulfide) groups is 1. The summed E-state index contributed by atoms with van der Waals surface area (Å²) in [5.41, 5.74) is 1.51. The number of hydrogen-bond acceptors (Lipinski definition) is 11. The predicted molar refractivity (Wildman–Crippen MR) is 144 cm³/mol. The number of nitro benzene ring substituents is 2. The van der Waals surface area contributed by atoms with E-state index in [2.05, 4.69) is 0 Å². The van der Waals surface area contributed by atoms with Gasteiger partial charge in [-0.3, -0.25) is 34.7 Å². The fraction of sp³-hybridized carbons (Fsp3) is 0.360. The van der Waals surface area contributed by atoms with Gasteiger partial charge in [0.2, 0.25) is 0 Å². The zero-order valence-corrected chi connectivity index (χ0v) is 21.6. The molecule has 0 aliphatic carbocycles. The van der Waals surface area contributed by atoms with Crippen LogP contribution < -0.4 is 9.80 Å². The normalized spacial score (nSPS) is 19.2. The van der Waals surface area contributed by atoms with Crippen LogP contribution in [-0.2, 0) is 20.8 Å². The molecule has 0 unspecified atom stereocenters. The van der Waals surface area contributed by atoms with Crippen LogP contribution in [0.3, 0.4) is 0 Å². The van der Waals surface area contributed by atoms with Crippen LogP contribution in [0.2, 0.25) is 0 Å². The molecule has 0 saturated carbocycles. The summed E-state index contributed by atoms with van der Waals surface area (Å²) < 4.78 is 10.9. The van der Waals surface area contributed by atoms with Gasteiger partial charge in [-0.05, 0) is 23.9 Å². The lowest BCUT2D eigenvalue weighted by atomic mass is 10.1. The van der Waals surface area contributed by atoms with Crippen molar-refractivity contribution in [1.29, 1.82) is 0 Å². The summed E-state index contributed by atoms with van der Waals surface area (Å²) in [7, 11) is 0. The second-order valence-electron chi connectivity index (χ2n) is 9.01. The number of nitro groups is 2. The van der Waals surface area contributed by atoms with Crippen LogP contribution in [0.4, 0.5) is 27.5 Å². The van der Waals surface area contributed by atoms with Gasteiger partial charge in [0.05, 0.1) is 47.7 Å². The zero-order chi connectivity index (χ0) is 27.5. The van der Waals surface area contributed by atoms with E-state index < -0.39 is 21.0 Å². The van der Waals surface area contributed by atoms with Gasteiger partial charge in [-0.25, -0.2) is 0 Å². The molecule has 0 aromatic heterocycles. The standard InChI is InChI=1S/C25H25N5O8S/c31-24-23(39-25(32)28(24)16-17-3-1-2-4-19(17)29(33)34)14-18-13-22(30(35)36)21(27-7-11-38-12-8-27)15-20(18)26-5-9-37-10-6-26/h1-4,13-15H,5-12,16H2/b23-14-. The number of rotatable bonds is 7. The molecular weight excluding hydrogens is 530 g/mol. The van der Waals surface area contributed by atoms with Crippen molar-refractivity contribution in [2.24, 2.45) is 0 Å². The highest BCUT2D eigenvalue weighted by molar-refractivity contribution is 8.18. The minimum atomic E-state index is -0.615. The van der Waals surface area contributed by atoms with Gasteiger partial charge in [-0.1, -0.05) is 18.2 Å². The van der Waals surface area contributed by atoms with Crippen molar-refractivity contribution in [1.82, 2.24) is 4.90 Å². The molecule has 3 saturated heterocycles. The van der Waals surface area contributed by atoms with Crippen molar-refractivity contribution in [3.8, 4) is 0 Å². The molecule has 2 aromatic rings. The molecule has 2 amide bonds. The van der Waals surface area contributed by atoms with E-state index in [1.54, 1.807) is 12.1 Å². The van der Waals surface area contributed by atoms with E-state index in [0.29, 0.717) is 81.3 Å². The van der Waals surface area contributed by atoms with E-state index in [9.17, 15) is 29.8 Å². The first-order valence-corrected chi connectivity index (χ1v) is 13.1. The quantitative estimate of drug-likeness (QED) is 0.281. The van der Waals surface area contributed by atoms with Crippen molar-refractivity contribution in [2.45, 2.75) is 6.54 Å². The van der Waals surface area contributed by atoms with E-state index in [1.807, 2.05) is 9.80 Å². The summed E-state index contributed by atoms with van der Waals surface area (Å²) in [6.45, 7) is 3.75. The Labute approximate surface area is 227 Å². The molecule has 0 bridgehead atoms. The van der Waals surface area contributed by atoms with Crippen LogP contribution in [0, 0.1) is 20.2 Å². The van der Waals surface area contributed by atoms with E-state index in [-0.39, 0.29) is 28.4 Å². The van der Waals surface area contributed by atoms with E-state index in [4.69, 9.17) is 9.47 Å². The summed E-state index contributed by atoms with van der Waals surface area (Å²) in [5, 5.41) is 22.9. The molecule has 3 aliphatic heterocycles. The van der Waals surface area contributed by atoms with E-state index in [0.717, 1.165) is 4.90 Å². The molecule has 204 valence electrons. The highest BCUT2D eigenvalue weighted by atomic mass is 32.2. The number of imide groups is 1. The van der Waals surface area contributed by atoms with Crippen LogP contribution in [0.1, 0.15) is 11.1 Å². The number of hydrogen-bond donors (Lipinski definition) is 0. The van der Waals surface area contributed by atoms with Gasteiger partial charge in [0.25, 0.3) is 22.5 Å². The molecule has 0 atom stereocenters. The first-order chi connectivity index (χ1) is 18.8. The lowest BCUT2D eigenvalue weighted by Gasteiger charge is -2.33. The Bertz CT molecular complexity index is 1350. The maximum absolute atomic E-state index is 13.3. The van der Waals surface area contributed by atoms with Gasteiger partial charge in [-0.2, -0.15) is 0 Å². The van der Waals surface area contributed by atoms with Gasteiger partial charge >= 0.3 is 0 Å². The maximum atomic E-state index is 13.3. The number of carbonyl (C=O) groups is 2. The third kappa shape index (κ3) is 5.57. The number of ether oxygens (including phenoxy) is 2. The SMILES string of the molecule is O=C1S/C(=C\c2cc([N+](=O)[O-])c(N3CCOCC3)cc2N2CCOCC2)C(=O)N1Cc1ccccc1[N+](=O)[O-]. The summed E-state index contributed by atoms with van der Waals surface area (Å²) in [4.78, 5) is 53.6. The van der Waals surface area contributed by atoms with Gasteiger partial charge in [0.15, 0.2) is 0 Å². The number of para-hydroxylation sites is 1. The average Bonchev–Trinajstić information content (AvgIpc) is 3.21. The molecule has 39 heavy (non-hydrogen) atoms. The number of morpholine rings is 2. The van der Waals surface area contributed by atoms with E-state index in [1.165, 1.54) is 30.3 Å². The number of amides is 2. The van der Waals surface area contributed by atoms with Crippen LogP contribution in [-0.4, -0.2) is 78.5 Å². The molecule has 3 aliphatic rings. The summed E-state index contributed by atoms with van der Waals surface area (Å²) in [6, 6.07) is 9.12. The lowest BCUT2D eigenvalue weighted by molar-refractivity contribution is -0.385. The number of nitrogens with zero attached hydrogens (tertiary/aromatic N) is 5. The summed E-state index contributed by atoms with van der Waals surface area (Å²) in [5.74, 6) is -0.615. The Kier molecular flexibility index (Phi) is 7.77. The first-order valence-electron chi connectivity index (χ1n) is 12.3. The molecule has 0 radical (unpaired) electrons. The minimum absolute atomic E-state index is 0.0847. The van der Waals surface area contributed by atoms with Gasteiger partial charge in [-0.15, -0.1) is 0 Å². The maximum Gasteiger partial charge on any atom is 0.293 e. The smallest absolute Gasteiger partial charge is 0.293 e. The monoisotopic (exact) mass is 555 g/mol. The topological polar surface area (TPSA) is 149 Å². The molecule has 5 rings (SSSR count). The molecule has 13 nitrogen and oxygen atoms in total. The third-order valence-corrected chi connectivity index (χ3v) is 7.61. The Morgan fingerprint density at radius 1 is 0.846 bits per heavy atom. The first kappa shape index (κ1) is 26.6. The van der Waals surface area contributed by atoms with Gasteiger partial charge < -0.3 is 19.3 Å². The Morgan fingerprint density at radius 3 is 2.05 bits per heavy atom. The number of benzene rings is 2. The van der Waals surface area contributed by atoms with Crippen molar-refractivity contribution >= 4 is 51.7 Å². The van der Waals surface area contributed by atoms with Crippen molar-refractivity contribution in [3.63, 3.8) is 0 Å². The molecular formula is C25H25N5O8S. The zero-order valence-electron chi connectivity index (χ0n) is 20.8. The fourth-order valence-electron chi connectivity index (χ4n) is 4.75. The molecule has 0 N–H and O–H groups in total. The second kappa shape index (κ2) is 11.4. The Morgan fingerprint density at radius 2 is 1.44 bits per heavy atom. The van der Waals surface area contributed by atoms with Crippen molar-refractivity contribution < 1.29 is 28.9 Å². The largest absolute Gasteiger partial charge is 0.378 e. The minimum Gasteiger partial charge on any atom is -0.378 e. The average molecular weight is 556 g/mol. The molecule has 3 heterocycles. The van der Waals surface area contributed by atoms with Crippen LogP contribution in [0.15, 0.2) is 41.3 Å². The third-order valence-electron chi connectivity index (χ3n) is 6.70. The summed E-state index contributed by atoms with van der Waals surface area (Å²) in [6.07, 6.45) is 1.49. The van der Waals surface area contributed by atoms with Crippen LogP contribution >= 0.6 is 11.8 Å². The molecule has 14 heteroatoms. The molecule has 2 aromatic carbocycles.